The molecule has 178 valence electrons. The molecule has 2 unspecified atom stereocenters. The van der Waals surface area contributed by atoms with Crippen LogP contribution in [0.4, 0.5) is 24.9 Å². The first-order chi connectivity index (χ1) is 16.3. The number of ether oxygens (including phenoxy) is 1. The molecule has 6 heterocycles. The first-order valence-corrected chi connectivity index (χ1v) is 11.1. The van der Waals surface area contributed by atoms with E-state index in [0.717, 1.165) is 11.3 Å². The maximum Gasteiger partial charge on any atom is 0.408 e. The van der Waals surface area contributed by atoms with E-state index in [0.29, 0.717) is 24.6 Å². The molecule has 34 heavy (non-hydrogen) atoms. The molecule has 2 fully saturated rings. The lowest BCUT2D eigenvalue weighted by molar-refractivity contribution is -0.152. The Labute approximate surface area is 191 Å². The zero-order valence-electron chi connectivity index (χ0n) is 18.0. The molecule has 3 aromatic rings. The summed E-state index contributed by atoms with van der Waals surface area (Å²) in [5.74, 6) is -0.310. The summed E-state index contributed by atoms with van der Waals surface area (Å²) in [7, 11) is 0. The van der Waals surface area contributed by atoms with Gasteiger partial charge >= 0.3 is 6.18 Å². The van der Waals surface area contributed by atoms with E-state index < -0.39 is 30.1 Å². The van der Waals surface area contributed by atoms with Crippen molar-refractivity contribution in [2.75, 3.05) is 29.5 Å². The molecule has 3 atom stereocenters. The molecule has 0 aliphatic carbocycles. The smallest absolute Gasteiger partial charge is 0.374 e. The van der Waals surface area contributed by atoms with Crippen LogP contribution < -0.4 is 15.4 Å². The van der Waals surface area contributed by atoms with Crippen LogP contribution in [0.25, 0.3) is 5.65 Å². The normalized spacial score (nSPS) is 24.1. The molecule has 6 rings (SSSR count). The minimum Gasteiger partial charge on any atom is -0.374 e. The molecule has 9 nitrogen and oxygen atoms in total. The quantitative estimate of drug-likeness (QED) is 0.534. The summed E-state index contributed by atoms with van der Waals surface area (Å²) in [5.41, 5.74) is 0.437. The van der Waals surface area contributed by atoms with Crippen molar-refractivity contribution < 1.29 is 22.7 Å². The largest absolute Gasteiger partial charge is 0.408 e. The van der Waals surface area contributed by atoms with Crippen molar-refractivity contribution in [1.29, 1.82) is 0 Å². The molecule has 0 aromatic carbocycles. The van der Waals surface area contributed by atoms with Gasteiger partial charge in [-0.25, -0.2) is 4.98 Å². The van der Waals surface area contributed by atoms with Crippen LogP contribution in [0.15, 0.2) is 41.6 Å². The molecular weight excluding hydrogens is 453 g/mol. The molecule has 2 bridgehead atoms. The third kappa shape index (κ3) is 3.44. The Hall–Kier alpha value is -3.41. The monoisotopic (exact) mass is 474 g/mol. The van der Waals surface area contributed by atoms with Gasteiger partial charge in [0.2, 0.25) is 5.95 Å². The van der Waals surface area contributed by atoms with Crippen LogP contribution >= 0.6 is 0 Å². The van der Waals surface area contributed by atoms with Crippen molar-refractivity contribution >= 4 is 23.2 Å². The van der Waals surface area contributed by atoms with Crippen molar-refractivity contribution in [2.24, 2.45) is 0 Å². The average Bonchev–Trinajstić information content (AvgIpc) is 3.55. The second kappa shape index (κ2) is 7.55. The number of halogens is 3. The van der Waals surface area contributed by atoms with Gasteiger partial charge in [0, 0.05) is 43.3 Å². The number of pyridine rings is 1. The molecule has 3 aromatic heterocycles. The molecule has 3 aliphatic heterocycles. The van der Waals surface area contributed by atoms with Crippen LogP contribution in [0.1, 0.15) is 23.2 Å². The van der Waals surface area contributed by atoms with Gasteiger partial charge < -0.3 is 18.9 Å². The zero-order valence-corrected chi connectivity index (χ0v) is 18.0. The standard InChI is InChI=1S/C22H21F3N6O3/c23-22(24,25)17-3-5-29-20(33)8-19(30-10-15-7-14(30)12-34-15)27-21(29)31(17)11-16(32)13-1-2-18-26-4-6-28(18)9-13/h1-2,4,6,8-9,14-15,17H,3,5,7,10-12H2/t14?,15?,17-/m0/s1. The number of carbonyl (C=O) groups is 1. The SMILES string of the molecule is O=C(CN1c2nc(N3CC4CC3CO4)cc(=O)n2CC[C@H]1C(F)(F)F)c1ccc2nccn2c1. The fraction of sp³-hybridized carbons (Fsp3) is 0.455. The summed E-state index contributed by atoms with van der Waals surface area (Å²) in [5, 5.41) is 0. The summed E-state index contributed by atoms with van der Waals surface area (Å²) in [6.07, 6.45) is 0.657. The maximum absolute atomic E-state index is 14.0. The second-order valence-electron chi connectivity index (χ2n) is 8.91. The third-order valence-corrected chi connectivity index (χ3v) is 6.83. The summed E-state index contributed by atoms with van der Waals surface area (Å²) in [6, 6.07) is 2.65. The van der Waals surface area contributed by atoms with Crippen LogP contribution in [0.5, 0.6) is 0 Å². The Bertz CT molecular complexity index is 1340. The Balaban J connectivity index is 1.39. The molecule has 0 amide bonds. The van der Waals surface area contributed by atoms with Gasteiger partial charge in [0.15, 0.2) is 5.78 Å². The number of hydrogen-bond acceptors (Lipinski definition) is 7. The maximum atomic E-state index is 14.0. The van der Waals surface area contributed by atoms with E-state index in [9.17, 15) is 22.8 Å². The number of fused-ring (bicyclic) bond motifs is 4. The number of carbonyl (C=O) groups excluding carboxylic acids is 1. The number of alkyl halides is 3. The Morgan fingerprint density at radius 3 is 2.85 bits per heavy atom. The van der Waals surface area contributed by atoms with E-state index in [1.54, 1.807) is 22.9 Å². The molecule has 0 spiro atoms. The lowest BCUT2D eigenvalue weighted by Gasteiger charge is -2.39. The Morgan fingerprint density at radius 2 is 2.12 bits per heavy atom. The number of aromatic nitrogens is 4. The lowest BCUT2D eigenvalue weighted by Crippen LogP contribution is -2.54. The van der Waals surface area contributed by atoms with Gasteiger partial charge in [0.1, 0.15) is 17.5 Å². The van der Waals surface area contributed by atoms with E-state index in [-0.39, 0.29) is 36.6 Å². The summed E-state index contributed by atoms with van der Waals surface area (Å²) in [6.45, 7) is 0.351. The summed E-state index contributed by atoms with van der Waals surface area (Å²) >= 11 is 0. The fourth-order valence-corrected chi connectivity index (χ4v) is 5.14. The average molecular weight is 474 g/mol. The van der Waals surface area contributed by atoms with Crippen LogP contribution in [0.2, 0.25) is 0 Å². The van der Waals surface area contributed by atoms with Crippen molar-refractivity contribution in [3.8, 4) is 0 Å². The van der Waals surface area contributed by atoms with Crippen molar-refractivity contribution in [2.45, 2.75) is 43.8 Å². The summed E-state index contributed by atoms with van der Waals surface area (Å²) < 4.78 is 50.5. The minimum atomic E-state index is -4.59. The summed E-state index contributed by atoms with van der Waals surface area (Å²) in [4.78, 5) is 37.5. The number of morpholine rings is 1. The number of rotatable bonds is 4. The van der Waals surface area contributed by atoms with E-state index in [1.807, 2.05) is 4.90 Å². The van der Waals surface area contributed by atoms with Gasteiger partial charge in [-0.2, -0.15) is 18.2 Å². The first-order valence-electron chi connectivity index (χ1n) is 11.1. The van der Waals surface area contributed by atoms with Gasteiger partial charge in [0.25, 0.3) is 5.56 Å². The third-order valence-electron chi connectivity index (χ3n) is 6.83. The predicted molar refractivity (Wildman–Crippen MR) is 115 cm³/mol. The van der Waals surface area contributed by atoms with Gasteiger partial charge in [-0.15, -0.1) is 0 Å². The van der Waals surface area contributed by atoms with Crippen LogP contribution in [0.3, 0.4) is 0 Å². The van der Waals surface area contributed by atoms with E-state index in [1.165, 1.54) is 22.9 Å². The number of Topliss-reactive ketones (excluding diaryl/α,β-unsaturated/α-hetero) is 1. The fourth-order valence-electron chi connectivity index (χ4n) is 5.14. The number of imidazole rings is 1. The van der Waals surface area contributed by atoms with Gasteiger partial charge in [-0.3, -0.25) is 14.2 Å². The minimum absolute atomic E-state index is 0.0317. The molecular formula is C22H21F3N6O3. The van der Waals surface area contributed by atoms with Crippen molar-refractivity contribution in [3.63, 3.8) is 0 Å². The molecule has 2 saturated heterocycles. The van der Waals surface area contributed by atoms with E-state index >= 15 is 0 Å². The highest BCUT2D eigenvalue weighted by Gasteiger charge is 2.48. The second-order valence-corrected chi connectivity index (χ2v) is 8.91. The molecule has 0 N–H and O–H groups in total. The molecule has 0 saturated carbocycles. The van der Waals surface area contributed by atoms with Crippen molar-refractivity contribution in [1.82, 2.24) is 18.9 Å². The zero-order chi connectivity index (χ0) is 23.6. The van der Waals surface area contributed by atoms with Crippen LogP contribution in [-0.4, -0.2) is 68.8 Å². The van der Waals surface area contributed by atoms with E-state index in [2.05, 4.69) is 9.97 Å². The Kier molecular flexibility index (Phi) is 4.70. The highest BCUT2D eigenvalue weighted by molar-refractivity contribution is 5.99. The highest BCUT2D eigenvalue weighted by Crippen LogP contribution is 2.36. The predicted octanol–water partition coefficient (Wildman–Crippen LogP) is 1.89. The Morgan fingerprint density at radius 1 is 1.26 bits per heavy atom. The highest BCUT2D eigenvalue weighted by atomic mass is 19.4. The first kappa shape index (κ1) is 21.1. The van der Waals surface area contributed by atoms with E-state index in [4.69, 9.17) is 4.74 Å². The number of hydrogen-bond donors (Lipinski definition) is 0. The molecule has 12 heteroatoms. The van der Waals surface area contributed by atoms with Crippen LogP contribution in [-0.2, 0) is 11.3 Å². The number of anilines is 2. The van der Waals surface area contributed by atoms with Gasteiger partial charge in [-0.05, 0) is 25.0 Å². The lowest BCUT2D eigenvalue weighted by atomic mass is 10.1. The number of nitrogens with zero attached hydrogens (tertiary/aromatic N) is 6. The molecule has 0 radical (unpaired) electrons. The van der Waals surface area contributed by atoms with Crippen molar-refractivity contribution in [3.05, 3.63) is 52.7 Å². The number of ketones is 1. The topological polar surface area (TPSA) is 85.0 Å². The molecule has 3 aliphatic rings. The van der Waals surface area contributed by atoms with Crippen LogP contribution in [0, 0.1) is 0 Å². The van der Waals surface area contributed by atoms with Gasteiger partial charge in [-0.1, -0.05) is 0 Å². The van der Waals surface area contributed by atoms with Gasteiger partial charge in [0.05, 0.1) is 25.3 Å².